The smallest absolute Gasteiger partial charge is 0.326 e. The first kappa shape index (κ1) is 18.6. The number of halogens is 1. The van der Waals surface area contributed by atoms with Gasteiger partial charge in [0.25, 0.3) is 0 Å². The predicted octanol–water partition coefficient (Wildman–Crippen LogP) is 2.63. The molecule has 2 aromatic rings. The molecule has 0 saturated carbocycles. The number of para-hydroxylation sites is 1. The highest BCUT2D eigenvalue weighted by molar-refractivity contribution is 6.32. The molecule has 0 fully saturated rings. The van der Waals surface area contributed by atoms with Crippen LogP contribution in [0.3, 0.4) is 0 Å². The van der Waals surface area contributed by atoms with Gasteiger partial charge in [0, 0.05) is 6.42 Å². The summed E-state index contributed by atoms with van der Waals surface area (Å²) in [5, 5.41) is 21.4. The second kappa shape index (κ2) is 8.94. The van der Waals surface area contributed by atoms with Crippen molar-refractivity contribution in [1.29, 1.82) is 0 Å². The number of amides is 1. The minimum absolute atomic E-state index is 0.00454. The molecule has 2 rings (SSSR count). The van der Waals surface area contributed by atoms with Crippen LogP contribution in [-0.2, 0) is 16.0 Å². The van der Waals surface area contributed by atoms with Gasteiger partial charge in [0.1, 0.15) is 17.5 Å². The van der Waals surface area contributed by atoms with Crippen LogP contribution in [0.4, 0.5) is 0 Å². The summed E-state index contributed by atoms with van der Waals surface area (Å²) in [6.07, 6.45) is 0.122. The number of hydrogen-bond donors (Lipinski definition) is 3. The number of benzene rings is 2. The monoisotopic (exact) mass is 363 g/mol. The van der Waals surface area contributed by atoms with E-state index in [9.17, 15) is 19.8 Å². The SMILES string of the molecule is O=C(CCOc1ccccc1Cl)NC(Cc1ccc(O)cc1)C(=O)O. The van der Waals surface area contributed by atoms with Crippen LogP contribution in [0.2, 0.25) is 5.02 Å². The highest BCUT2D eigenvalue weighted by Gasteiger charge is 2.20. The van der Waals surface area contributed by atoms with Crippen LogP contribution in [0.15, 0.2) is 48.5 Å². The largest absolute Gasteiger partial charge is 0.508 e. The van der Waals surface area contributed by atoms with Crippen LogP contribution in [0.5, 0.6) is 11.5 Å². The van der Waals surface area contributed by atoms with Gasteiger partial charge in [-0.1, -0.05) is 35.9 Å². The van der Waals surface area contributed by atoms with E-state index in [0.29, 0.717) is 16.3 Å². The Bertz CT molecular complexity index is 733. The van der Waals surface area contributed by atoms with Gasteiger partial charge in [0.05, 0.1) is 18.1 Å². The summed E-state index contributed by atoms with van der Waals surface area (Å²) < 4.78 is 5.41. The number of carboxylic acids is 1. The number of phenolic OH excluding ortho intramolecular Hbond substituents is 1. The standard InChI is InChI=1S/C18H18ClNO5/c19-14-3-1-2-4-16(14)25-10-9-17(22)20-15(18(23)24)11-12-5-7-13(21)8-6-12/h1-8,15,21H,9-11H2,(H,20,22)(H,23,24). The normalized spacial score (nSPS) is 11.6. The number of nitrogens with one attached hydrogen (secondary N) is 1. The van der Waals surface area contributed by atoms with E-state index < -0.39 is 17.9 Å². The molecule has 132 valence electrons. The van der Waals surface area contributed by atoms with Gasteiger partial charge in [-0.05, 0) is 29.8 Å². The van der Waals surface area contributed by atoms with Crippen molar-refractivity contribution in [3.8, 4) is 11.5 Å². The van der Waals surface area contributed by atoms with Gasteiger partial charge in [-0.3, -0.25) is 4.79 Å². The van der Waals surface area contributed by atoms with Crippen LogP contribution in [-0.4, -0.2) is 34.7 Å². The highest BCUT2D eigenvalue weighted by Crippen LogP contribution is 2.23. The molecule has 7 heteroatoms. The summed E-state index contributed by atoms with van der Waals surface area (Å²) in [7, 11) is 0. The molecular formula is C18H18ClNO5. The molecule has 2 aromatic carbocycles. The zero-order valence-corrected chi connectivity index (χ0v) is 14.1. The van der Waals surface area contributed by atoms with Crippen molar-refractivity contribution in [3.63, 3.8) is 0 Å². The minimum atomic E-state index is -1.13. The molecule has 25 heavy (non-hydrogen) atoms. The van der Waals surface area contributed by atoms with E-state index in [4.69, 9.17) is 16.3 Å². The van der Waals surface area contributed by atoms with E-state index >= 15 is 0 Å². The first-order valence-corrected chi connectivity index (χ1v) is 8.01. The summed E-state index contributed by atoms with van der Waals surface area (Å²) >= 11 is 5.95. The molecule has 0 spiro atoms. The third-order valence-corrected chi connectivity index (χ3v) is 3.75. The maximum absolute atomic E-state index is 11.9. The lowest BCUT2D eigenvalue weighted by molar-refractivity contribution is -0.141. The molecule has 1 unspecified atom stereocenters. The highest BCUT2D eigenvalue weighted by atomic mass is 35.5. The summed E-state index contributed by atoms with van der Waals surface area (Å²) in [6.45, 7) is 0.0844. The number of aromatic hydroxyl groups is 1. The third-order valence-electron chi connectivity index (χ3n) is 3.43. The first-order chi connectivity index (χ1) is 12.0. The number of rotatable bonds is 8. The summed E-state index contributed by atoms with van der Waals surface area (Å²) in [5.41, 5.74) is 0.692. The Balaban J connectivity index is 1.84. The van der Waals surface area contributed by atoms with Crippen molar-refractivity contribution in [2.75, 3.05) is 6.61 Å². The van der Waals surface area contributed by atoms with Crippen LogP contribution in [0.25, 0.3) is 0 Å². The first-order valence-electron chi connectivity index (χ1n) is 7.63. The van der Waals surface area contributed by atoms with Crippen molar-refractivity contribution < 1.29 is 24.5 Å². The number of hydrogen-bond acceptors (Lipinski definition) is 4. The quantitative estimate of drug-likeness (QED) is 0.670. The molecule has 0 aliphatic carbocycles. The zero-order valence-electron chi connectivity index (χ0n) is 13.3. The molecule has 0 radical (unpaired) electrons. The average Bonchev–Trinajstić information content (AvgIpc) is 2.58. The maximum Gasteiger partial charge on any atom is 0.326 e. The number of ether oxygens (including phenoxy) is 1. The second-order valence-electron chi connectivity index (χ2n) is 5.36. The number of aliphatic carboxylic acids is 1. The molecule has 0 heterocycles. The Labute approximate surface area is 150 Å². The molecule has 6 nitrogen and oxygen atoms in total. The summed E-state index contributed by atoms with van der Waals surface area (Å²) in [6, 6.07) is 12.0. The van der Waals surface area contributed by atoms with E-state index in [1.54, 1.807) is 36.4 Å². The average molecular weight is 364 g/mol. The van der Waals surface area contributed by atoms with Gasteiger partial charge in [-0.2, -0.15) is 0 Å². The molecule has 0 bridgehead atoms. The fourth-order valence-corrected chi connectivity index (χ4v) is 2.34. The molecule has 0 aliphatic rings. The third kappa shape index (κ3) is 6.00. The molecule has 0 aliphatic heterocycles. The zero-order chi connectivity index (χ0) is 18.2. The van der Waals surface area contributed by atoms with E-state index in [0.717, 1.165) is 0 Å². The van der Waals surface area contributed by atoms with E-state index in [-0.39, 0.29) is 25.2 Å². The van der Waals surface area contributed by atoms with Crippen LogP contribution >= 0.6 is 11.6 Å². The Hall–Kier alpha value is -2.73. The van der Waals surface area contributed by atoms with Gasteiger partial charge in [0.15, 0.2) is 0 Å². The second-order valence-corrected chi connectivity index (χ2v) is 5.76. The van der Waals surface area contributed by atoms with Crippen molar-refractivity contribution >= 4 is 23.5 Å². The topological polar surface area (TPSA) is 95.9 Å². The van der Waals surface area contributed by atoms with Crippen molar-refractivity contribution in [1.82, 2.24) is 5.32 Å². The minimum Gasteiger partial charge on any atom is -0.508 e. The van der Waals surface area contributed by atoms with Gasteiger partial charge < -0.3 is 20.3 Å². The Morgan fingerprint density at radius 3 is 2.44 bits per heavy atom. The lowest BCUT2D eigenvalue weighted by atomic mass is 10.1. The van der Waals surface area contributed by atoms with Crippen LogP contribution < -0.4 is 10.1 Å². The summed E-state index contributed by atoms with van der Waals surface area (Å²) in [4.78, 5) is 23.3. The number of phenols is 1. The molecule has 1 atom stereocenters. The fourth-order valence-electron chi connectivity index (χ4n) is 2.15. The molecule has 0 aromatic heterocycles. The summed E-state index contributed by atoms with van der Waals surface area (Å²) in [5.74, 6) is -1.00. The Morgan fingerprint density at radius 2 is 1.80 bits per heavy atom. The Kier molecular flexibility index (Phi) is 6.65. The predicted molar refractivity (Wildman–Crippen MR) is 92.9 cm³/mol. The van der Waals surface area contributed by atoms with E-state index in [1.807, 2.05) is 0 Å². The van der Waals surface area contributed by atoms with E-state index in [1.165, 1.54) is 12.1 Å². The van der Waals surface area contributed by atoms with Crippen molar-refractivity contribution in [2.24, 2.45) is 0 Å². The lowest BCUT2D eigenvalue weighted by Gasteiger charge is -2.15. The van der Waals surface area contributed by atoms with Gasteiger partial charge in [-0.15, -0.1) is 0 Å². The van der Waals surface area contributed by atoms with Gasteiger partial charge >= 0.3 is 5.97 Å². The van der Waals surface area contributed by atoms with Crippen LogP contribution in [0.1, 0.15) is 12.0 Å². The Morgan fingerprint density at radius 1 is 1.12 bits per heavy atom. The van der Waals surface area contributed by atoms with E-state index in [2.05, 4.69) is 5.32 Å². The van der Waals surface area contributed by atoms with Gasteiger partial charge in [0.2, 0.25) is 5.91 Å². The fraction of sp³-hybridized carbons (Fsp3) is 0.222. The van der Waals surface area contributed by atoms with Gasteiger partial charge in [-0.25, -0.2) is 4.79 Å². The number of carbonyl (C=O) groups is 2. The molecule has 1 amide bonds. The lowest BCUT2D eigenvalue weighted by Crippen LogP contribution is -2.42. The van der Waals surface area contributed by atoms with Crippen molar-refractivity contribution in [2.45, 2.75) is 18.9 Å². The number of carboxylic acid groups (broad SMARTS) is 1. The number of carbonyl (C=O) groups excluding carboxylic acids is 1. The maximum atomic E-state index is 11.9. The van der Waals surface area contributed by atoms with Crippen LogP contribution in [0, 0.1) is 0 Å². The molecular weight excluding hydrogens is 346 g/mol. The molecule has 0 saturated heterocycles. The van der Waals surface area contributed by atoms with Crippen molar-refractivity contribution in [3.05, 3.63) is 59.1 Å². The molecule has 3 N–H and O–H groups in total.